The third kappa shape index (κ3) is 2.18. The first-order valence-corrected chi connectivity index (χ1v) is 5.24. The van der Waals surface area contributed by atoms with E-state index in [1.54, 1.807) is 0 Å². The average molecular weight is 259 g/mol. The summed E-state index contributed by atoms with van der Waals surface area (Å²) >= 11 is 11.5. The van der Waals surface area contributed by atoms with Gasteiger partial charge in [0.05, 0.1) is 0 Å². The first kappa shape index (κ1) is 11.4. The average Bonchev–Trinajstić information content (AvgIpc) is 2.25. The molecule has 0 amide bonds. The van der Waals surface area contributed by atoms with Gasteiger partial charge in [0.2, 0.25) is 0 Å². The van der Waals surface area contributed by atoms with Crippen molar-refractivity contribution in [3.8, 4) is 11.1 Å². The fourth-order valence-corrected chi connectivity index (χ4v) is 1.75. The smallest absolute Gasteiger partial charge is 0.131 e. The molecule has 0 aliphatic heterocycles. The van der Waals surface area contributed by atoms with Crippen LogP contribution in [-0.4, -0.2) is 0 Å². The Morgan fingerprint density at radius 1 is 0.688 bits per heavy atom. The van der Waals surface area contributed by atoms with E-state index in [2.05, 4.69) is 0 Å². The fourth-order valence-electron chi connectivity index (χ4n) is 1.41. The normalized spacial score (nSPS) is 10.5. The summed E-state index contributed by atoms with van der Waals surface area (Å²) in [6, 6.07) is 7.93. The Morgan fingerprint density at radius 3 is 1.44 bits per heavy atom. The molecule has 16 heavy (non-hydrogen) atoms. The molecule has 0 aliphatic carbocycles. The number of halogens is 4. The van der Waals surface area contributed by atoms with Crippen molar-refractivity contribution in [3.05, 3.63) is 58.1 Å². The monoisotopic (exact) mass is 258 g/mol. The summed E-state index contributed by atoms with van der Waals surface area (Å²) in [6.45, 7) is 0. The van der Waals surface area contributed by atoms with Crippen molar-refractivity contribution < 1.29 is 8.78 Å². The van der Waals surface area contributed by atoms with Gasteiger partial charge in [0.1, 0.15) is 11.6 Å². The van der Waals surface area contributed by atoms with Crippen LogP contribution >= 0.6 is 23.2 Å². The zero-order valence-corrected chi connectivity index (χ0v) is 9.49. The SMILES string of the molecule is Fc1ccc(Cl)cc1-c1cc(Cl)ccc1F. The summed E-state index contributed by atoms with van der Waals surface area (Å²) in [5.74, 6) is -1.07. The summed E-state index contributed by atoms with van der Waals surface area (Å²) in [7, 11) is 0. The quantitative estimate of drug-likeness (QED) is 0.680. The van der Waals surface area contributed by atoms with E-state index in [1.807, 2.05) is 0 Å². The van der Waals surface area contributed by atoms with Crippen molar-refractivity contribution in [1.29, 1.82) is 0 Å². The molecule has 0 aromatic heterocycles. The maximum atomic E-state index is 13.5. The van der Waals surface area contributed by atoms with Crippen molar-refractivity contribution in [2.75, 3.05) is 0 Å². The number of hydrogen-bond donors (Lipinski definition) is 0. The van der Waals surface area contributed by atoms with E-state index in [4.69, 9.17) is 23.2 Å². The van der Waals surface area contributed by atoms with Crippen LogP contribution in [0.15, 0.2) is 36.4 Å². The molecule has 0 aliphatic rings. The van der Waals surface area contributed by atoms with Gasteiger partial charge in [-0.05, 0) is 36.4 Å². The Labute approximate surface area is 101 Å². The Kier molecular flexibility index (Phi) is 3.13. The molecular formula is C12H6Cl2F2. The molecule has 2 aromatic rings. The van der Waals surface area contributed by atoms with Crippen molar-refractivity contribution in [2.45, 2.75) is 0 Å². The van der Waals surface area contributed by atoms with Gasteiger partial charge < -0.3 is 0 Å². The van der Waals surface area contributed by atoms with Gasteiger partial charge in [-0.15, -0.1) is 0 Å². The standard InChI is InChI=1S/C12H6Cl2F2/c13-7-1-3-11(15)9(5-7)10-6-8(14)2-4-12(10)16/h1-6H. The van der Waals surface area contributed by atoms with E-state index in [-0.39, 0.29) is 11.1 Å². The van der Waals surface area contributed by atoms with E-state index < -0.39 is 11.6 Å². The van der Waals surface area contributed by atoms with E-state index in [9.17, 15) is 8.78 Å². The molecular weight excluding hydrogens is 253 g/mol. The maximum absolute atomic E-state index is 13.5. The number of hydrogen-bond acceptors (Lipinski definition) is 0. The lowest BCUT2D eigenvalue weighted by Gasteiger charge is -2.06. The Morgan fingerprint density at radius 2 is 1.06 bits per heavy atom. The molecule has 2 rings (SSSR count). The van der Waals surface area contributed by atoms with Crippen LogP contribution in [0, 0.1) is 11.6 Å². The van der Waals surface area contributed by atoms with E-state index in [1.165, 1.54) is 36.4 Å². The minimum atomic E-state index is -0.537. The maximum Gasteiger partial charge on any atom is 0.131 e. The molecule has 4 heteroatoms. The first-order valence-electron chi connectivity index (χ1n) is 4.48. The summed E-state index contributed by atoms with van der Waals surface area (Å²) < 4.78 is 27.0. The van der Waals surface area contributed by atoms with Crippen LogP contribution in [-0.2, 0) is 0 Å². The van der Waals surface area contributed by atoms with Crippen LogP contribution in [0.2, 0.25) is 10.0 Å². The van der Waals surface area contributed by atoms with Gasteiger partial charge in [-0.1, -0.05) is 23.2 Å². The molecule has 0 nitrogen and oxygen atoms in total. The van der Waals surface area contributed by atoms with Crippen LogP contribution < -0.4 is 0 Å². The summed E-state index contributed by atoms with van der Waals surface area (Å²) in [5, 5.41) is 0.687. The predicted molar refractivity (Wildman–Crippen MR) is 61.8 cm³/mol. The van der Waals surface area contributed by atoms with Crippen LogP contribution in [0.5, 0.6) is 0 Å². The second-order valence-electron chi connectivity index (χ2n) is 3.25. The number of rotatable bonds is 1. The second-order valence-corrected chi connectivity index (χ2v) is 4.12. The lowest BCUT2D eigenvalue weighted by Crippen LogP contribution is -1.88. The first-order chi connectivity index (χ1) is 7.58. The van der Waals surface area contributed by atoms with Gasteiger partial charge in [0, 0.05) is 21.2 Å². The molecule has 0 radical (unpaired) electrons. The van der Waals surface area contributed by atoms with Gasteiger partial charge in [0.25, 0.3) is 0 Å². The number of benzene rings is 2. The van der Waals surface area contributed by atoms with Gasteiger partial charge in [-0.3, -0.25) is 0 Å². The molecule has 0 atom stereocenters. The van der Waals surface area contributed by atoms with E-state index in [0.29, 0.717) is 10.0 Å². The molecule has 0 N–H and O–H groups in total. The molecule has 0 saturated heterocycles. The summed E-state index contributed by atoms with van der Waals surface area (Å²) in [6.07, 6.45) is 0. The highest BCUT2D eigenvalue weighted by Gasteiger charge is 2.11. The third-order valence-electron chi connectivity index (χ3n) is 2.15. The highest BCUT2D eigenvalue weighted by atomic mass is 35.5. The Hall–Kier alpha value is -1.12. The zero-order valence-electron chi connectivity index (χ0n) is 7.98. The van der Waals surface area contributed by atoms with Crippen molar-refractivity contribution in [2.24, 2.45) is 0 Å². The van der Waals surface area contributed by atoms with Crippen LogP contribution in [0.25, 0.3) is 11.1 Å². The largest absolute Gasteiger partial charge is 0.206 e. The van der Waals surface area contributed by atoms with E-state index >= 15 is 0 Å². The topological polar surface area (TPSA) is 0 Å². The fraction of sp³-hybridized carbons (Fsp3) is 0. The Balaban J connectivity index is 2.66. The van der Waals surface area contributed by atoms with Crippen LogP contribution in [0.1, 0.15) is 0 Å². The highest BCUT2D eigenvalue weighted by Crippen LogP contribution is 2.30. The minimum Gasteiger partial charge on any atom is -0.206 e. The van der Waals surface area contributed by atoms with Crippen molar-refractivity contribution >= 4 is 23.2 Å². The molecule has 0 fully saturated rings. The highest BCUT2D eigenvalue weighted by molar-refractivity contribution is 6.31. The molecule has 0 heterocycles. The minimum absolute atomic E-state index is 0.104. The molecule has 0 bridgehead atoms. The second kappa shape index (κ2) is 4.40. The molecule has 2 aromatic carbocycles. The van der Waals surface area contributed by atoms with E-state index in [0.717, 1.165) is 0 Å². The van der Waals surface area contributed by atoms with Crippen LogP contribution in [0.3, 0.4) is 0 Å². The summed E-state index contributed by atoms with van der Waals surface area (Å²) in [4.78, 5) is 0. The van der Waals surface area contributed by atoms with Crippen molar-refractivity contribution in [1.82, 2.24) is 0 Å². The molecule has 0 spiro atoms. The predicted octanol–water partition coefficient (Wildman–Crippen LogP) is 4.94. The summed E-state index contributed by atoms with van der Waals surface area (Å²) in [5.41, 5.74) is 0.208. The zero-order chi connectivity index (χ0) is 11.7. The Bertz CT molecular complexity index is 489. The van der Waals surface area contributed by atoms with Crippen LogP contribution in [0.4, 0.5) is 8.78 Å². The van der Waals surface area contributed by atoms with Gasteiger partial charge in [-0.25, -0.2) is 8.78 Å². The molecule has 82 valence electrons. The molecule has 0 unspecified atom stereocenters. The third-order valence-corrected chi connectivity index (χ3v) is 2.62. The van der Waals surface area contributed by atoms with Gasteiger partial charge >= 0.3 is 0 Å². The molecule has 0 saturated carbocycles. The lowest BCUT2D eigenvalue weighted by atomic mass is 10.0. The lowest BCUT2D eigenvalue weighted by molar-refractivity contribution is 0.616. The van der Waals surface area contributed by atoms with Crippen molar-refractivity contribution in [3.63, 3.8) is 0 Å². The van der Waals surface area contributed by atoms with Gasteiger partial charge in [0.15, 0.2) is 0 Å². The van der Waals surface area contributed by atoms with Gasteiger partial charge in [-0.2, -0.15) is 0 Å².